The van der Waals surface area contributed by atoms with Crippen LogP contribution >= 0.6 is 0 Å². The molecule has 1 amide bonds. The second kappa shape index (κ2) is 9.53. The van der Waals surface area contributed by atoms with Gasteiger partial charge in [0.15, 0.2) is 13.2 Å². The molecule has 0 aromatic heterocycles. The Labute approximate surface area is 170 Å². The van der Waals surface area contributed by atoms with Crippen molar-refractivity contribution in [1.29, 1.82) is 0 Å². The van der Waals surface area contributed by atoms with E-state index in [0.717, 1.165) is 5.56 Å². The molecule has 0 aliphatic carbocycles. The molecule has 0 fully saturated rings. The van der Waals surface area contributed by atoms with Crippen molar-refractivity contribution in [2.45, 2.75) is 31.6 Å². The van der Waals surface area contributed by atoms with Gasteiger partial charge in [0.25, 0.3) is 5.91 Å². The lowest BCUT2D eigenvalue weighted by Crippen LogP contribution is -2.23. The normalized spacial score (nSPS) is 11.2. The van der Waals surface area contributed by atoms with Crippen LogP contribution in [0.1, 0.15) is 30.9 Å². The van der Waals surface area contributed by atoms with Crippen molar-refractivity contribution in [3.63, 3.8) is 0 Å². The van der Waals surface area contributed by atoms with Gasteiger partial charge in [0.2, 0.25) is 10.0 Å². The third kappa shape index (κ3) is 6.88. The number of nitrogens with one attached hydrogen (secondary N) is 1. The van der Waals surface area contributed by atoms with Crippen LogP contribution in [-0.2, 0) is 24.3 Å². The van der Waals surface area contributed by atoms with Crippen molar-refractivity contribution in [1.82, 2.24) is 0 Å². The zero-order chi connectivity index (χ0) is 21.6. The summed E-state index contributed by atoms with van der Waals surface area (Å²) in [6.45, 7) is 5.35. The Morgan fingerprint density at radius 3 is 2.28 bits per heavy atom. The van der Waals surface area contributed by atoms with Gasteiger partial charge in [0.05, 0.1) is 4.90 Å². The predicted octanol–water partition coefficient (Wildman–Crippen LogP) is 2.33. The van der Waals surface area contributed by atoms with E-state index in [4.69, 9.17) is 14.6 Å². The van der Waals surface area contributed by atoms with Gasteiger partial charge >= 0.3 is 5.97 Å². The number of hydrogen-bond acceptors (Lipinski definition) is 6. The summed E-state index contributed by atoms with van der Waals surface area (Å²) in [6.07, 6.45) is 0. The highest BCUT2D eigenvalue weighted by atomic mass is 32.2. The van der Waals surface area contributed by atoms with E-state index in [1.54, 1.807) is 6.07 Å². The number of anilines is 1. The Kier molecular flexibility index (Phi) is 7.35. The summed E-state index contributed by atoms with van der Waals surface area (Å²) in [4.78, 5) is 23.6. The van der Waals surface area contributed by atoms with Gasteiger partial charge in [0, 0.05) is 5.69 Å². The van der Waals surface area contributed by atoms with E-state index in [9.17, 15) is 18.0 Å². The number of rotatable bonds is 8. The Morgan fingerprint density at radius 1 is 1.07 bits per heavy atom. The molecule has 0 unspecified atom stereocenters. The molecule has 0 aliphatic rings. The van der Waals surface area contributed by atoms with Crippen molar-refractivity contribution in [2.75, 3.05) is 18.5 Å². The lowest BCUT2D eigenvalue weighted by Gasteiger charge is -2.12. The standard InChI is InChI=1S/C20H24N2O6S/c1-13(2)18-9-6-16(10-14(18)3)27-12-20(24)28-11-19(23)22-15-4-7-17(8-5-15)29(21,25)26/h4-10,13H,11-12H2,1-3H3,(H,22,23)(H2,21,25,26). The number of primary sulfonamides is 1. The molecule has 0 radical (unpaired) electrons. The molecule has 0 spiro atoms. The topological polar surface area (TPSA) is 125 Å². The highest BCUT2D eigenvalue weighted by Crippen LogP contribution is 2.23. The molecule has 0 atom stereocenters. The molecule has 2 aromatic rings. The summed E-state index contributed by atoms with van der Waals surface area (Å²) in [5.41, 5.74) is 2.61. The Bertz CT molecular complexity index is 985. The number of nitrogens with two attached hydrogens (primary N) is 1. The Balaban J connectivity index is 1.78. The summed E-state index contributed by atoms with van der Waals surface area (Å²) in [5, 5.41) is 7.49. The first-order chi connectivity index (χ1) is 13.6. The molecule has 0 aliphatic heterocycles. The maximum absolute atomic E-state index is 11.8. The molecule has 0 heterocycles. The second-order valence-electron chi connectivity index (χ2n) is 6.74. The van der Waals surface area contributed by atoms with Crippen LogP contribution in [0.25, 0.3) is 0 Å². The van der Waals surface area contributed by atoms with Gasteiger partial charge in [-0.3, -0.25) is 4.79 Å². The molecule has 8 nitrogen and oxygen atoms in total. The maximum Gasteiger partial charge on any atom is 0.344 e. The SMILES string of the molecule is Cc1cc(OCC(=O)OCC(=O)Nc2ccc(S(N)(=O)=O)cc2)ccc1C(C)C. The van der Waals surface area contributed by atoms with Crippen molar-refractivity contribution >= 4 is 27.6 Å². The summed E-state index contributed by atoms with van der Waals surface area (Å²) >= 11 is 0. The van der Waals surface area contributed by atoms with E-state index >= 15 is 0 Å². The van der Waals surface area contributed by atoms with Crippen LogP contribution in [0.15, 0.2) is 47.4 Å². The van der Waals surface area contributed by atoms with Crippen LogP contribution in [0.2, 0.25) is 0 Å². The molecule has 9 heteroatoms. The third-order valence-electron chi connectivity index (χ3n) is 4.05. The fourth-order valence-corrected chi connectivity index (χ4v) is 3.16. The molecule has 2 rings (SSSR count). The van der Waals surface area contributed by atoms with Gasteiger partial charge in [-0.2, -0.15) is 0 Å². The number of ether oxygens (including phenoxy) is 2. The fraction of sp³-hybridized carbons (Fsp3) is 0.300. The van der Waals surface area contributed by atoms with Gasteiger partial charge in [-0.25, -0.2) is 18.4 Å². The minimum Gasteiger partial charge on any atom is -0.482 e. The number of sulfonamides is 1. The van der Waals surface area contributed by atoms with Crippen LogP contribution in [0.4, 0.5) is 5.69 Å². The number of carbonyl (C=O) groups excluding carboxylic acids is 2. The average molecular weight is 420 g/mol. The maximum atomic E-state index is 11.8. The molecular formula is C20H24N2O6S. The predicted molar refractivity (Wildman–Crippen MR) is 108 cm³/mol. The number of hydrogen-bond donors (Lipinski definition) is 2. The highest BCUT2D eigenvalue weighted by molar-refractivity contribution is 7.89. The lowest BCUT2D eigenvalue weighted by molar-refractivity contribution is -0.149. The van der Waals surface area contributed by atoms with Crippen molar-refractivity contribution in [2.24, 2.45) is 5.14 Å². The summed E-state index contributed by atoms with van der Waals surface area (Å²) in [6, 6.07) is 10.9. The summed E-state index contributed by atoms with van der Waals surface area (Å²) in [5.74, 6) is -0.319. The van der Waals surface area contributed by atoms with Crippen LogP contribution in [0.3, 0.4) is 0 Å². The molecule has 29 heavy (non-hydrogen) atoms. The van der Waals surface area contributed by atoms with Gasteiger partial charge < -0.3 is 14.8 Å². The van der Waals surface area contributed by atoms with Gasteiger partial charge in [-0.1, -0.05) is 19.9 Å². The van der Waals surface area contributed by atoms with Crippen molar-refractivity contribution in [3.05, 3.63) is 53.6 Å². The molecule has 156 valence electrons. The summed E-state index contributed by atoms with van der Waals surface area (Å²) < 4.78 is 32.7. The van der Waals surface area contributed by atoms with E-state index in [1.807, 2.05) is 19.1 Å². The molecular weight excluding hydrogens is 396 g/mol. The number of esters is 1. The third-order valence-corrected chi connectivity index (χ3v) is 4.98. The second-order valence-corrected chi connectivity index (χ2v) is 8.30. The van der Waals surface area contributed by atoms with E-state index in [0.29, 0.717) is 17.4 Å². The van der Waals surface area contributed by atoms with E-state index < -0.39 is 28.5 Å². The van der Waals surface area contributed by atoms with Crippen LogP contribution in [0, 0.1) is 6.92 Å². The van der Waals surface area contributed by atoms with Crippen LogP contribution in [-0.4, -0.2) is 33.5 Å². The Hall–Kier alpha value is -2.91. The smallest absolute Gasteiger partial charge is 0.344 e. The number of benzene rings is 2. The average Bonchev–Trinajstić information content (AvgIpc) is 2.64. The Morgan fingerprint density at radius 2 is 1.72 bits per heavy atom. The molecule has 0 saturated heterocycles. The first-order valence-corrected chi connectivity index (χ1v) is 10.4. The first kappa shape index (κ1) is 22.4. The number of carbonyl (C=O) groups is 2. The van der Waals surface area contributed by atoms with Crippen molar-refractivity contribution in [3.8, 4) is 5.75 Å². The summed E-state index contributed by atoms with van der Waals surface area (Å²) in [7, 11) is -3.80. The monoisotopic (exact) mass is 420 g/mol. The van der Waals surface area contributed by atoms with Gasteiger partial charge in [-0.15, -0.1) is 0 Å². The molecule has 3 N–H and O–H groups in total. The zero-order valence-electron chi connectivity index (χ0n) is 16.5. The largest absolute Gasteiger partial charge is 0.482 e. The van der Waals surface area contributed by atoms with Crippen molar-refractivity contribution < 1.29 is 27.5 Å². The minimum atomic E-state index is -3.80. The quantitative estimate of drug-likeness (QED) is 0.632. The van der Waals surface area contributed by atoms with E-state index in [-0.39, 0.29) is 11.5 Å². The number of amides is 1. The fourth-order valence-electron chi connectivity index (χ4n) is 2.64. The lowest BCUT2D eigenvalue weighted by atomic mass is 9.98. The molecule has 0 saturated carbocycles. The van der Waals surface area contributed by atoms with Crippen LogP contribution < -0.4 is 15.2 Å². The van der Waals surface area contributed by atoms with Crippen LogP contribution in [0.5, 0.6) is 5.75 Å². The first-order valence-electron chi connectivity index (χ1n) is 8.88. The zero-order valence-corrected chi connectivity index (χ0v) is 17.3. The molecule has 2 aromatic carbocycles. The highest BCUT2D eigenvalue weighted by Gasteiger charge is 2.11. The minimum absolute atomic E-state index is 0.0734. The van der Waals surface area contributed by atoms with Gasteiger partial charge in [-0.05, 0) is 60.4 Å². The molecule has 0 bridgehead atoms. The number of aryl methyl sites for hydroxylation is 1. The van der Waals surface area contributed by atoms with Gasteiger partial charge in [0.1, 0.15) is 5.75 Å². The van der Waals surface area contributed by atoms with E-state index in [2.05, 4.69) is 19.2 Å². The van der Waals surface area contributed by atoms with E-state index in [1.165, 1.54) is 29.8 Å².